The molecule has 0 aromatic heterocycles. The van der Waals surface area contributed by atoms with E-state index in [4.69, 9.17) is 28.4 Å². The first-order valence-electron chi connectivity index (χ1n) is 21.9. The van der Waals surface area contributed by atoms with E-state index in [0.717, 1.165) is 6.42 Å². The maximum Gasteiger partial charge on any atom is 0.329 e. The third-order valence-corrected chi connectivity index (χ3v) is 13.3. The van der Waals surface area contributed by atoms with E-state index in [9.17, 15) is 34.5 Å². The number of allylic oxidation sites excluding steroid dienone is 3. The van der Waals surface area contributed by atoms with Crippen LogP contribution in [0.5, 0.6) is 0 Å². The van der Waals surface area contributed by atoms with Crippen LogP contribution in [0.1, 0.15) is 112 Å². The highest BCUT2D eigenvalue weighted by atomic mass is 16.7. The molecule has 3 fully saturated rings. The van der Waals surface area contributed by atoms with Gasteiger partial charge in [-0.3, -0.25) is 14.4 Å². The number of piperidine rings is 1. The predicted octanol–water partition coefficient (Wildman–Crippen LogP) is 4.49. The number of carbonyl (C=O) groups is 4. The molecule has 2 bridgehead atoms. The van der Waals surface area contributed by atoms with Crippen molar-refractivity contribution >= 4 is 23.4 Å². The van der Waals surface area contributed by atoms with Crippen molar-refractivity contribution in [2.24, 2.45) is 29.6 Å². The average Bonchev–Trinajstić information content (AvgIpc) is 3.22. The number of ketones is 2. The Morgan fingerprint density at radius 1 is 0.915 bits per heavy atom. The van der Waals surface area contributed by atoms with Crippen molar-refractivity contribution in [3.63, 3.8) is 0 Å². The van der Waals surface area contributed by atoms with Gasteiger partial charge in [0.15, 0.2) is 5.78 Å². The number of esters is 1. The van der Waals surface area contributed by atoms with Crippen molar-refractivity contribution in [2.75, 3.05) is 41.1 Å². The molecule has 0 aromatic rings. The van der Waals surface area contributed by atoms with Crippen molar-refractivity contribution < 1.29 is 62.9 Å². The number of amides is 1. The topological polar surface area (TPSA) is 188 Å². The van der Waals surface area contributed by atoms with Crippen LogP contribution in [-0.4, -0.2) is 139 Å². The number of ether oxygens (including phenoxy) is 6. The van der Waals surface area contributed by atoms with E-state index in [2.05, 4.69) is 6.92 Å². The fraction of sp³-hybridized carbons (Fsp3) is 0.822. The SMILES string of the molecule is CC/C1=C\C(C)CC(C)CC(OC)C2OC(O)(C(=O)C(=O)N3CCCCC3C(=O)OC(C(C)=CC3CCC(OCCO)C(OC)C3)C(C)C(O)CC1=O)C(C)CC2OC. The van der Waals surface area contributed by atoms with Gasteiger partial charge in [0, 0.05) is 46.1 Å². The van der Waals surface area contributed by atoms with E-state index in [-0.39, 0.29) is 74.8 Å². The van der Waals surface area contributed by atoms with Crippen LogP contribution in [0.2, 0.25) is 0 Å². The number of nitrogens with zero attached hydrogens (tertiary/aromatic N) is 1. The van der Waals surface area contributed by atoms with Gasteiger partial charge >= 0.3 is 5.97 Å². The maximum atomic E-state index is 14.4. The van der Waals surface area contributed by atoms with Crippen LogP contribution in [0.15, 0.2) is 23.3 Å². The zero-order chi connectivity index (χ0) is 43.6. The number of carbonyl (C=O) groups excluding carboxylic acids is 4. The zero-order valence-electron chi connectivity index (χ0n) is 36.9. The number of aliphatic hydroxyl groups excluding tert-OH is 2. The molecule has 0 aromatic carbocycles. The molecule has 59 heavy (non-hydrogen) atoms. The molecule has 14 unspecified atom stereocenters. The largest absolute Gasteiger partial charge is 0.456 e. The first-order valence-corrected chi connectivity index (χ1v) is 21.9. The third kappa shape index (κ3) is 12.1. The average molecular weight is 836 g/mol. The number of Topliss-reactive ketones (excluding diaryl/α,β-unsaturated/α-hetero) is 2. The van der Waals surface area contributed by atoms with Gasteiger partial charge in [0.05, 0.1) is 43.7 Å². The molecule has 3 heterocycles. The fourth-order valence-electron chi connectivity index (χ4n) is 9.80. The predicted molar refractivity (Wildman–Crippen MR) is 219 cm³/mol. The Balaban J connectivity index is 1.75. The number of aliphatic hydroxyl groups is 3. The number of cyclic esters (lactones) is 1. The Kier molecular flexibility index (Phi) is 18.7. The van der Waals surface area contributed by atoms with Gasteiger partial charge in [-0.1, -0.05) is 46.8 Å². The van der Waals surface area contributed by atoms with E-state index in [1.807, 2.05) is 32.9 Å². The molecule has 4 aliphatic rings. The molecular weight excluding hydrogens is 762 g/mol. The van der Waals surface area contributed by atoms with Crippen LogP contribution in [-0.2, 0) is 47.6 Å². The molecule has 2 saturated heterocycles. The zero-order valence-corrected chi connectivity index (χ0v) is 36.9. The lowest BCUT2D eigenvalue weighted by atomic mass is 9.81. The maximum absolute atomic E-state index is 14.4. The van der Waals surface area contributed by atoms with Gasteiger partial charge in [0.2, 0.25) is 5.79 Å². The van der Waals surface area contributed by atoms with E-state index >= 15 is 0 Å². The minimum atomic E-state index is -2.50. The van der Waals surface area contributed by atoms with Crippen LogP contribution in [0, 0.1) is 29.6 Å². The molecule has 0 spiro atoms. The van der Waals surface area contributed by atoms with Crippen molar-refractivity contribution in [1.29, 1.82) is 0 Å². The van der Waals surface area contributed by atoms with Crippen LogP contribution in [0.4, 0.5) is 0 Å². The van der Waals surface area contributed by atoms with Crippen molar-refractivity contribution in [3.8, 4) is 0 Å². The Hall–Kier alpha value is -2.56. The lowest BCUT2D eigenvalue weighted by molar-refractivity contribution is -0.302. The standard InChI is InChI=1S/C45H73NO13/c1-10-32-20-26(2)19-27(3)21-38(55-8)41-39(56-9)23-29(5)45(53,59-41)42(50)43(51)46-16-12-11-13-33(46)44(52)58-40(30(6)34(48)25-35(32)49)28(4)22-31-14-15-36(57-18-17-47)37(24-31)54-7/h20,22,26-27,29-31,33-34,36-41,47-48,53H,10-19,21,23-25H2,1-9H3/b28-22?,32-20+. The summed E-state index contributed by atoms with van der Waals surface area (Å²) < 4.78 is 35.9. The van der Waals surface area contributed by atoms with E-state index in [0.29, 0.717) is 56.1 Å². The molecule has 14 atom stereocenters. The summed E-state index contributed by atoms with van der Waals surface area (Å²) in [5.74, 6) is -7.12. The first-order chi connectivity index (χ1) is 28.0. The van der Waals surface area contributed by atoms with Crippen molar-refractivity contribution in [1.82, 2.24) is 4.90 Å². The number of fused-ring (bicyclic) bond motifs is 3. The molecule has 3 N–H and O–H groups in total. The second kappa shape index (κ2) is 22.5. The smallest absolute Gasteiger partial charge is 0.329 e. The molecule has 3 aliphatic heterocycles. The molecule has 1 amide bonds. The lowest BCUT2D eigenvalue weighted by Crippen LogP contribution is -2.64. The highest BCUT2D eigenvalue weighted by Crippen LogP contribution is 2.39. The second-order valence-electron chi connectivity index (χ2n) is 17.7. The minimum Gasteiger partial charge on any atom is -0.456 e. The second-order valence-corrected chi connectivity index (χ2v) is 17.7. The Morgan fingerprint density at radius 3 is 2.24 bits per heavy atom. The van der Waals surface area contributed by atoms with Gasteiger partial charge in [-0.15, -0.1) is 0 Å². The van der Waals surface area contributed by atoms with E-state index < -0.39 is 71.8 Å². The fourth-order valence-corrected chi connectivity index (χ4v) is 9.80. The summed E-state index contributed by atoms with van der Waals surface area (Å²) in [5.41, 5.74) is 1.29. The molecule has 1 saturated carbocycles. The summed E-state index contributed by atoms with van der Waals surface area (Å²) >= 11 is 0. The summed E-state index contributed by atoms with van der Waals surface area (Å²) in [5, 5.41) is 33.1. The summed E-state index contributed by atoms with van der Waals surface area (Å²) in [4.78, 5) is 57.9. The molecule has 14 nitrogen and oxygen atoms in total. The number of hydrogen-bond donors (Lipinski definition) is 3. The molecule has 336 valence electrons. The first kappa shape index (κ1) is 49.1. The summed E-state index contributed by atoms with van der Waals surface area (Å²) in [6.45, 7) is 11.5. The van der Waals surface area contributed by atoms with Crippen LogP contribution < -0.4 is 0 Å². The highest BCUT2D eigenvalue weighted by Gasteiger charge is 2.56. The van der Waals surface area contributed by atoms with Crippen LogP contribution in [0.25, 0.3) is 0 Å². The van der Waals surface area contributed by atoms with E-state index in [1.54, 1.807) is 21.0 Å². The van der Waals surface area contributed by atoms with E-state index in [1.165, 1.54) is 19.1 Å². The summed E-state index contributed by atoms with van der Waals surface area (Å²) in [6.07, 6.45) is 4.52. The summed E-state index contributed by atoms with van der Waals surface area (Å²) in [7, 11) is 4.69. The molecular formula is C45H73NO13. The van der Waals surface area contributed by atoms with Gasteiger partial charge in [0.1, 0.15) is 18.2 Å². The van der Waals surface area contributed by atoms with Crippen LogP contribution >= 0.6 is 0 Å². The monoisotopic (exact) mass is 836 g/mol. The Bertz CT molecular complexity index is 1480. The van der Waals surface area contributed by atoms with Gasteiger partial charge in [0.25, 0.3) is 11.7 Å². The van der Waals surface area contributed by atoms with Gasteiger partial charge in [-0.25, -0.2) is 4.79 Å². The van der Waals surface area contributed by atoms with Gasteiger partial charge < -0.3 is 48.6 Å². The Morgan fingerprint density at radius 2 is 1.59 bits per heavy atom. The van der Waals surface area contributed by atoms with Gasteiger partial charge in [-0.2, -0.15) is 0 Å². The Labute approximate surface area is 351 Å². The normalized spacial score (nSPS) is 40.1. The van der Waals surface area contributed by atoms with Crippen molar-refractivity contribution in [3.05, 3.63) is 23.3 Å². The van der Waals surface area contributed by atoms with Crippen LogP contribution in [0.3, 0.4) is 0 Å². The van der Waals surface area contributed by atoms with Crippen molar-refractivity contribution in [2.45, 2.75) is 167 Å². The molecule has 1 aliphatic carbocycles. The lowest BCUT2D eigenvalue weighted by Gasteiger charge is -2.47. The summed E-state index contributed by atoms with van der Waals surface area (Å²) in [6, 6.07) is -1.14. The minimum absolute atomic E-state index is 0.0111. The number of hydrogen-bond acceptors (Lipinski definition) is 13. The number of rotatable bonds is 9. The quantitative estimate of drug-likeness (QED) is 0.168. The third-order valence-electron chi connectivity index (χ3n) is 13.3. The van der Waals surface area contributed by atoms with Gasteiger partial charge in [-0.05, 0) is 100 Å². The number of methoxy groups -OCH3 is 3. The molecule has 4 rings (SSSR count). The highest BCUT2D eigenvalue weighted by molar-refractivity contribution is 6.39. The molecule has 0 radical (unpaired) electrons. The molecule has 14 heteroatoms.